The summed E-state index contributed by atoms with van der Waals surface area (Å²) in [6, 6.07) is 7.83. The molecule has 0 radical (unpaired) electrons. The Kier molecular flexibility index (Phi) is 10.3. The van der Waals surface area contributed by atoms with E-state index >= 15 is 0 Å². The Labute approximate surface area is 271 Å². The highest BCUT2D eigenvalue weighted by Crippen LogP contribution is 2.31. The summed E-state index contributed by atoms with van der Waals surface area (Å²) in [4.78, 5) is 36.3. The lowest BCUT2D eigenvalue weighted by molar-refractivity contribution is 0.0126. The zero-order chi connectivity index (χ0) is 32.8. The van der Waals surface area contributed by atoms with Crippen LogP contribution in [-0.2, 0) is 4.74 Å². The monoisotopic (exact) mass is 626 g/mol. The third-order valence-electron chi connectivity index (χ3n) is 8.48. The van der Waals surface area contributed by atoms with E-state index < -0.39 is 5.60 Å². The first kappa shape index (κ1) is 32.9. The number of hydrogen-bond donors (Lipinski definition) is 1. The highest BCUT2D eigenvalue weighted by atomic mass is 16.6. The van der Waals surface area contributed by atoms with Crippen LogP contribution in [0.15, 0.2) is 42.4 Å². The number of piperazine rings is 1. The standard InChI is InChI=1S/C35H46N8O3/c1-7-24(9-11-27(8-2)42-19-17-41(6)18-20-42)32-39-31-30(37-23-38-33(31)40-32)25-10-12-29(26(21-25)22-36)45-28-13-15-43(16-14-28)34(44)46-35(3,4)5/h9-12,21,23,28H,7-8,13-20H2,1-6H3,(H,37,38,39,40)/b24-9+,27-11+. The third-order valence-corrected chi connectivity index (χ3v) is 8.48. The number of piperidine rings is 1. The second-order valence-corrected chi connectivity index (χ2v) is 13.0. The number of carbonyl (C=O) groups is 1. The zero-order valence-electron chi connectivity index (χ0n) is 28.0. The van der Waals surface area contributed by atoms with Crippen LogP contribution in [0.5, 0.6) is 5.75 Å². The van der Waals surface area contributed by atoms with Crippen LogP contribution in [0.2, 0.25) is 0 Å². The van der Waals surface area contributed by atoms with Gasteiger partial charge in [0.1, 0.15) is 41.2 Å². The van der Waals surface area contributed by atoms with Gasteiger partial charge < -0.3 is 29.2 Å². The summed E-state index contributed by atoms with van der Waals surface area (Å²) >= 11 is 0. The fourth-order valence-corrected chi connectivity index (χ4v) is 5.83. The van der Waals surface area contributed by atoms with Crippen LogP contribution in [0.4, 0.5) is 4.79 Å². The number of hydrogen-bond acceptors (Lipinski definition) is 9. The van der Waals surface area contributed by atoms with E-state index in [4.69, 9.17) is 14.5 Å². The number of imidazole rings is 1. The van der Waals surface area contributed by atoms with E-state index in [1.165, 1.54) is 12.0 Å². The van der Waals surface area contributed by atoms with Gasteiger partial charge >= 0.3 is 6.09 Å². The van der Waals surface area contributed by atoms with Crippen molar-refractivity contribution in [2.45, 2.75) is 72.0 Å². The van der Waals surface area contributed by atoms with Crippen molar-refractivity contribution >= 4 is 22.8 Å². The normalized spacial score (nSPS) is 17.3. The minimum Gasteiger partial charge on any atom is -0.489 e. The molecule has 2 fully saturated rings. The Bertz CT molecular complexity index is 1630. The SMILES string of the molecule is CC/C(=C\C=C(/CC)N1CCN(C)CC1)c1nc2ncnc(-c3ccc(OC4CCN(C(=O)OC(C)(C)C)CC4)c(C#N)c3)c2[nH]1. The van der Waals surface area contributed by atoms with E-state index in [0.29, 0.717) is 48.6 Å². The number of carbonyl (C=O) groups excluding carboxylic acids is 1. The summed E-state index contributed by atoms with van der Waals surface area (Å²) in [6.07, 6.45) is 8.59. The van der Waals surface area contributed by atoms with Gasteiger partial charge in [0.2, 0.25) is 0 Å². The Morgan fingerprint density at radius 1 is 1.04 bits per heavy atom. The second kappa shape index (κ2) is 14.3. The largest absolute Gasteiger partial charge is 0.489 e. The third kappa shape index (κ3) is 7.85. The predicted octanol–water partition coefficient (Wildman–Crippen LogP) is 6.00. The molecule has 3 aromatic rings. The molecule has 0 bridgehead atoms. The molecule has 2 aromatic heterocycles. The molecular weight excluding hydrogens is 580 g/mol. The van der Waals surface area contributed by atoms with Gasteiger partial charge in [-0.25, -0.2) is 19.7 Å². The lowest BCUT2D eigenvalue weighted by Gasteiger charge is -2.35. The van der Waals surface area contributed by atoms with Crippen molar-refractivity contribution in [3.63, 3.8) is 0 Å². The number of likely N-dealkylation sites (N-methyl/N-ethyl adjacent to an activating group) is 1. The molecule has 46 heavy (non-hydrogen) atoms. The van der Waals surface area contributed by atoms with Crippen molar-refractivity contribution in [3.8, 4) is 23.1 Å². The van der Waals surface area contributed by atoms with E-state index in [1.54, 1.807) is 11.0 Å². The van der Waals surface area contributed by atoms with Crippen molar-refractivity contribution < 1.29 is 14.3 Å². The first-order valence-electron chi connectivity index (χ1n) is 16.3. The van der Waals surface area contributed by atoms with E-state index in [2.05, 4.69) is 63.9 Å². The minimum absolute atomic E-state index is 0.102. The summed E-state index contributed by atoms with van der Waals surface area (Å²) in [7, 11) is 2.17. The Morgan fingerprint density at radius 2 is 1.78 bits per heavy atom. The minimum atomic E-state index is -0.531. The lowest BCUT2D eigenvalue weighted by Crippen LogP contribution is -2.44. The number of H-pyrrole nitrogens is 1. The summed E-state index contributed by atoms with van der Waals surface area (Å²) < 4.78 is 11.8. The summed E-state index contributed by atoms with van der Waals surface area (Å²) in [5.74, 6) is 1.29. The molecule has 2 aliphatic heterocycles. The number of ether oxygens (including phenoxy) is 2. The second-order valence-electron chi connectivity index (χ2n) is 13.0. The number of aromatic amines is 1. The van der Waals surface area contributed by atoms with Crippen molar-refractivity contribution in [1.29, 1.82) is 5.26 Å². The summed E-state index contributed by atoms with van der Waals surface area (Å²) in [6.45, 7) is 15.2. The number of amides is 1. The fraction of sp³-hybridized carbons (Fsp3) is 0.514. The van der Waals surface area contributed by atoms with Gasteiger partial charge in [0.05, 0.1) is 11.3 Å². The number of aromatic nitrogens is 4. The van der Waals surface area contributed by atoms with Crippen LogP contribution in [-0.4, -0.2) is 98.8 Å². The van der Waals surface area contributed by atoms with Crippen molar-refractivity contribution in [2.75, 3.05) is 46.3 Å². The Hall–Kier alpha value is -4.43. The molecule has 244 valence electrons. The van der Waals surface area contributed by atoms with Crippen molar-refractivity contribution in [2.24, 2.45) is 0 Å². The van der Waals surface area contributed by atoms with Gasteiger partial charge in [-0.15, -0.1) is 0 Å². The molecule has 5 rings (SSSR count). The quantitative estimate of drug-likeness (QED) is 0.300. The number of fused-ring (bicyclic) bond motifs is 1. The average Bonchev–Trinajstić information content (AvgIpc) is 3.48. The fourth-order valence-electron chi connectivity index (χ4n) is 5.83. The van der Waals surface area contributed by atoms with E-state index in [1.807, 2.05) is 32.9 Å². The van der Waals surface area contributed by atoms with Crippen LogP contribution in [0, 0.1) is 11.3 Å². The number of rotatable bonds is 8. The molecule has 2 saturated heterocycles. The van der Waals surface area contributed by atoms with Gasteiger partial charge in [-0.1, -0.05) is 19.9 Å². The van der Waals surface area contributed by atoms with E-state index in [-0.39, 0.29) is 12.2 Å². The number of nitrogens with zero attached hydrogens (tertiary/aromatic N) is 7. The maximum atomic E-state index is 12.4. The maximum absolute atomic E-state index is 12.4. The number of nitrogens with one attached hydrogen (secondary N) is 1. The summed E-state index contributed by atoms with van der Waals surface area (Å²) in [5.41, 5.74) is 5.06. The lowest BCUT2D eigenvalue weighted by atomic mass is 10.1. The van der Waals surface area contributed by atoms with Crippen molar-refractivity contribution in [1.82, 2.24) is 34.6 Å². The Morgan fingerprint density at radius 3 is 2.43 bits per heavy atom. The molecular formula is C35H46N8O3. The number of likely N-dealkylation sites (tertiary alicyclic amines) is 1. The molecule has 0 unspecified atom stereocenters. The molecule has 1 aromatic carbocycles. The predicted molar refractivity (Wildman–Crippen MR) is 179 cm³/mol. The summed E-state index contributed by atoms with van der Waals surface area (Å²) in [5, 5.41) is 10.0. The van der Waals surface area contributed by atoms with Gasteiger partial charge in [-0.2, -0.15) is 5.26 Å². The average molecular weight is 627 g/mol. The molecule has 4 heterocycles. The van der Waals surface area contributed by atoms with E-state index in [0.717, 1.165) is 61.5 Å². The van der Waals surface area contributed by atoms with Crippen LogP contribution in [0.25, 0.3) is 28.0 Å². The molecule has 2 aliphatic rings. The highest BCUT2D eigenvalue weighted by molar-refractivity contribution is 5.89. The smallest absolute Gasteiger partial charge is 0.410 e. The number of nitriles is 1. The molecule has 11 heteroatoms. The molecule has 11 nitrogen and oxygen atoms in total. The molecule has 0 aliphatic carbocycles. The first-order chi connectivity index (χ1) is 22.1. The maximum Gasteiger partial charge on any atom is 0.410 e. The van der Waals surface area contributed by atoms with Crippen LogP contribution >= 0.6 is 0 Å². The Balaban J connectivity index is 1.32. The van der Waals surface area contributed by atoms with Gasteiger partial charge in [-0.3, -0.25) is 0 Å². The number of allylic oxidation sites excluding steroid dienone is 4. The molecule has 0 atom stereocenters. The zero-order valence-corrected chi connectivity index (χ0v) is 28.0. The highest BCUT2D eigenvalue weighted by Gasteiger charge is 2.28. The molecule has 1 amide bonds. The number of benzene rings is 1. The van der Waals surface area contributed by atoms with Gasteiger partial charge in [0.25, 0.3) is 0 Å². The molecule has 1 N–H and O–H groups in total. The first-order valence-corrected chi connectivity index (χ1v) is 16.3. The van der Waals surface area contributed by atoms with Crippen LogP contribution in [0.1, 0.15) is 71.7 Å². The van der Waals surface area contributed by atoms with Gasteiger partial charge in [0, 0.05) is 63.4 Å². The van der Waals surface area contributed by atoms with Crippen molar-refractivity contribution in [3.05, 3.63) is 53.8 Å². The molecule has 0 saturated carbocycles. The molecule has 0 spiro atoms. The van der Waals surface area contributed by atoms with Gasteiger partial charge in [0.15, 0.2) is 5.65 Å². The van der Waals surface area contributed by atoms with E-state index in [9.17, 15) is 10.1 Å². The van der Waals surface area contributed by atoms with Crippen LogP contribution in [0.3, 0.4) is 0 Å². The van der Waals surface area contributed by atoms with Crippen LogP contribution < -0.4 is 4.74 Å². The van der Waals surface area contributed by atoms with Gasteiger partial charge in [-0.05, 0) is 70.5 Å². The topological polar surface area (TPSA) is 124 Å².